The van der Waals surface area contributed by atoms with Gasteiger partial charge in [0.15, 0.2) is 11.5 Å². The van der Waals surface area contributed by atoms with Crippen molar-refractivity contribution in [1.29, 1.82) is 0 Å². The fourth-order valence-electron chi connectivity index (χ4n) is 1.77. The third-order valence-electron chi connectivity index (χ3n) is 2.89. The number of rotatable bonds is 6. The van der Waals surface area contributed by atoms with Crippen LogP contribution in [0.1, 0.15) is 16.1 Å². The second kappa shape index (κ2) is 7.28. The first kappa shape index (κ1) is 14.8. The molecular weight excluding hydrogens is 268 g/mol. The molecule has 1 N–H and O–H groups in total. The number of aryl methyl sites for hydroxylation is 1. The Kier molecular flexibility index (Phi) is 5.15. The summed E-state index contributed by atoms with van der Waals surface area (Å²) in [5.41, 5.74) is 1.42. The Morgan fingerprint density at radius 1 is 1.19 bits per heavy atom. The molecule has 0 aliphatic heterocycles. The average molecular weight is 286 g/mol. The number of ether oxygens (including phenoxy) is 2. The fraction of sp³-hybridized carbons (Fsp3) is 0.250. The zero-order chi connectivity index (χ0) is 15.1. The minimum Gasteiger partial charge on any atom is -0.493 e. The van der Waals surface area contributed by atoms with Crippen molar-refractivity contribution in [3.63, 3.8) is 0 Å². The number of hydrogen-bond donors (Lipinski definition) is 1. The minimum atomic E-state index is -0.161. The zero-order valence-electron chi connectivity index (χ0n) is 12.1. The maximum Gasteiger partial charge on any atom is 0.252 e. The molecule has 0 spiro atoms. The predicted molar refractivity (Wildman–Crippen MR) is 79.8 cm³/mol. The van der Waals surface area contributed by atoms with Gasteiger partial charge in [-0.25, -0.2) is 0 Å². The molecule has 21 heavy (non-hydrogen) atoms. The highest BCUT2D eigenvalue weighted by Crippen LogP contribution is 2.25. The molecule has 0 unspecified atom stereocenters. The number of amides is 1. The van der Waals surface area contributed by atoms with Crippen molar-refractivity contribution >= 4 is 5.91 Å². The van der Waals surface area contributed by atoms with Gasteiger partial charge in [0, 0.05) is 11.9 Å². The Bertz CT molecular complexity index is 597. The van der Waals surface area contributed by atoms with E-state index in [0.717, 1.165) is 5.69 Å². The standard InChI is InChI=1S/C16H18N2O3/c1-12-7-8-13(11-18-12)16(19)17-9-10-21-15-6-4-3-5-14(15)20-2/h3-8,11H,9-10H2,1-2H3,(H,17,19). The molecule has 1 aromatic carbocycles. The zero-order valence-corrected chi connectivity index (χ0v) is 12.1. The summed E-state index contributed by atoms with van der Waals surface area (Å²) in [5.74, 6) is 1.17. The second-order valence-electron chi connectivity index (χ2n) is 4.44. The lowest BCUT2D eigenvalue weighted by molar-refractivity contribution is 0.0946. The number of benzene rings is 1. The van der Waals surface area contributed by atoms with E-state index in [1.165, 1.54) is 0 Å². The minimum absolute atomic E-state index is 0.161. The number of carbonyl (C=O) groups excluding carboxylic acids is 1. The largest absolute Gasteiger partial charge is 0.493 e. The summed E-state index contributed by atoms with van der Waals surface area (Å²) in [4.78, 5) is 15.9. The number of methoxy groups -OCH3 is 1. The molecule has 5 heteroatoms. The number of para-hydroxylation sites is 2. The van der Waals surface area contributed by atoms with E-state index < -0.39 is 0 Å². The highest BCUT2D eigenvalue weighted by molar-refractivity contribution is 5.93. The fourth-order valence-corrected chi connectivity index (χ4v) is 1.77. The van der Waals surface area contributed by atoms with Crippen LogP contribution in [0, 0.1) is 6.92 Å². The van der Waals surface area contributed by atoms with Crippen LogP contribution < -0.4 is 14.8 Å². The van der Waals surface area contributed by atoms with Crippen LogP contribution in [-0.4, -0.2) is 31.2 Å². The van der Waals surface area contributed by atoms with Gasteiger partial charge < -0.3 is 14.8 Å². The van der Waals surface area contributed by atoms with E-state index in [0.29, 0.717) is 30.2 Å². The van der Waals surface area contributed by atoms with E-state index in [2.05, 4.69) is 10.3 Å². The summed E-state index contributed by atoms with van der Waals surface area (Å²) in [6, 6.07) is 10.9. The van der Waals surface area contributed by atoms with E-state index in [1.807, 2.05) is 31.2 Å². The molecule has 1 amide bonds. The van der Waals surface area contributed by atoms with Crippen LogP contribution in [0.25, 0.3) is 0 Å². The molecule has 110 valence electrons. The van der Waals surface area contributed by atoms with Crippen LogP contribution in [0.4, 0.5) is 0 Å². The van der Waals surface area contributed by atoms with Crippen LogP contribution >= 0.6 is 0 Å². The Morgan fingerprint density at radius 2 is 1.95 bits per heavy atom. The van der Waals surface area contributed by atoms with Crippen LogP contribution in [0.15, 0.2) is 42.6 Å². The summed E-state index contributed by atoms with van der Waals surface area (Å²) in [5, 5.41) is 2.78. The Labute approximate surface area is 123 Å². The van der Waals surface area contributed by atoms with Crippen molar-refractivity contribution < 1.29 is 14.3 Å². The van der Waals surface area contributed by atoms with Crippen molar-refractivity contribution in [2.45, 2.75) is 6.92 Å². The molecule has 1 heterocycles. The molecule has 0 aliphatic carbocycles. The van der Waals surface area contributed by atoms with Gasteiger partial charge in [-0.2, -0.15) is 0 Å². The van der Waals surface area contributed by atoms with E-state index in [-0.39, 0.29) is 5.91 Å². The van der Waals surface area contributed by atoms with Crippen molar-refractivity contribution in [3.8, 4) is 11.5 Å². The lowest BCUT2D eigenvalue weighted by atomic mass is 10.2. The van der Waals surface area contributed by atoms with E-state index in [4.69, 9.17) is 9.47 Å². The van der Waals surface area contributed by atoms with E-state index in [1.54, 1.807) is 25.4 Å². The van der Waals surface area contributed by atoms with Gasteiger partial charge in [0.05, 0.1) is 19.2 Å². The number of hydrogen-bond acceptors (Lipinski definition) is 4. The summed E-state index contributed by atoms with van der Waals surface area (Å²) in [6.07, 6.45) is 1.56. The number of pyridine rings is 1. The number of nitrogens with zero attached hydrogens (tertiary/aromatic N) is 1. The van der Waals surface area contributed by atoms with Gasteiger partial charge in [0.25, 0.3) is 5.91 Å². The van der Waals surface area contributed by atoms with Gasteiger partial charge in [-0.15, -0.1) is 0 Å². The van der Waals surface area contributed by atoms with Crippen molar-refractivity contribution in [1.82, 2.24) is 10.3 Å². The highest BCUT2D eigenvalue weighted by Gasteiger charge is 2.06. The third-order valence-corrected chi connectivity index (χ3v) is 2.89. The van der Waals surface area contributed by atoms with Crippen LogP contribution in [-0.2, 0) is 0 Å². The van der Waals surface area contributed by atoms with Crippen LogP contribution in [0.5, 0.6) is 11.5 Å². The molecule has 0 bridgehead atoms. The van der Waals surface area contributed by atoms with E-state index in [9.17, 15) is 4.79 Å². The van der Waals surface area contributed by atoms with Gasteiger partial charge in [0.2, 0.25) is 0 Å². The van der Waals surface area contributed by atoms with Gasteiger partial charge in [-0.3, -0.25) is 9.78 Å². The Morgan fingerprint density at radius 3 is 2.62 bits per heavy atom. The predicted octanol–water partition coefficient (Wildman–Crippen LogP) is 2.21. The summed E-state index contributed by atoms with van der Waals surface area (Å²) < 4.78 is 10.8. The molecule has 0 aliphatic rings. The smallest absolute Gasteiger partial charge is 0.252 e. The van der Waals surface area contributed by atoms with Crippen LogP contribution in [0.2, 0.25) is 0 Å². The van der Waals surface area contributed by atoms with Crippen molar-refractivity contribution in [3.05, 3.63) is 53.9 Å². The van der Waals surface area contributed by atoms with Crippen LogP contribution in [0.3, 0.4) is 0 Å². The SMILES string of the molecule is COc1ccccc1OCCNC(=O)c1ccc(C)nc1. The summed E-state index contributed by atoms with van der Waals surface area (Å²) in [7, 11) is 1.59. The molecule has 0 saturated carbocycles. The molecule has 0 fully saturated rings. The molecule has 2 aromatic rings. The first-order valence-corrected chi connectivity index (χ1v) is 6.67. The lowest BCUT2D eigenvalue weighted by Crippen LogP contribution is -2.28. The number of carbonyl (C=O) groups is 1. The molecule has 0 atom stereocenters. The summed E-state index contributed by atoms with van der Waals surface area (Å²) >= 11 is 0. The normalized spacial score (nSPS) is 10.0. The summed E-state index contributed by atoms with van der Waals surface area (Å²) in [6.45, 7) is 2.65. The van der Waals surface area contributed by atoms with Gasteiger partial charge in [-0.1, -0.05) is 12.1 Å². The Hall–Kier alpha value is -2.56. The maximum absolute atomic E-state index is 11.9. The highest BCUT2D eigenvalue weighted by atomic mass is 16.5. The quantitative estimate of drug-likeness (QED) is 0.827. The topological polar surface area (TPSA) is 60.5 Å². The first-order chi connectivity index (χ1) is 10.2. The molecule has 0 saturated heterocycles. The average Bonchev–Trinajstić information content (AvgIpc) is 2.52. The van der Waals surface area contributed by atoms with Gasteiger partial charge in [0.1, 0.15) is 6.61 Å². The Balaban J connectivity index is 1.79. The second-order valence-corrected chi connectivity index (χ2v) is 4.44. The molecule has 2 rings (SSSR count). The molecule has 0 radical (unpaired) electrons. The molecule has 5 nitrogen and oxygen atoms in total. The molecule has 1 aromatic heterocycles. The monoisotopic (exact) mass is 286 g/mol. The third kappa shape index (κ3) is 4.21. The molecular formula is C16H18N2O3. The van der Waals surface area contributed by atoms with Gasteiger partial charge >= 0.3 is 0 Å². The van der Waals surface area contributed by atoms with E-state index >= 15 is 0 Å². The number of nitrogens with one attached hydrogen (secondary N) is 1. The van der Waals surface area contributed by atoms with Crippen molar-refractivity contribution in [2.24, 2.45) is 0 Å². The lowest BCUT2D eigenvalue weighted by Gasteiger charge is -2.10. The van der Waals surface area contributed by atoms with Gasteiger partial charge in [-0.05, 0) is 31.2 Å². The maximum atomic E-state index is 11.9. The number of aromatic nitrogens is 1. The first-order valence-electron chi connectivity index (χ1n) is 6.67. The van der Waals surface area contributed by atoms with Crippen molar-refractivity contribution in [2.75, 3.05) is 20.3 Å².